The first kappa shape index (κ1) is 26.3. The SMILES string of the molecule is Cc1cccc(C)c1-c1cc2nc(n1)N[S+]([O-])c1cccc(c1)CCC1CCN(Cc3nccs3)C[C@@H]1CO2. The van der Waals surface area contributed by atoms with Crippen LogP contribution in [0.1, 0.15) is 34.5 Å². The minimum Gasteiger partial charge on any atom is -0.588 e. The molecule has 4 bridgehead atoms. The number of hydrogen-bond acceptors (Lipinski definition) is 8. The summed E-state index contributed by atoms with van der Waals surface area (Å²) in [7, 11) is 0. The van der Waals surface area contributed by atoms with Crippen molar-refractivity contribution in [3.63, 3.8) is 0 Å². The van der Waals surface area contributed by atoms with Crippen LogP contribution in [-0.2, 0) is 24.3 Å². The predicted octanol–water partition coefficient (Wildman–Crippen LogP) is 5.81. The van der Waals surface area contributed by atoms with Crippen molar-refractivity contribution >= 4 is 28.6 Å². The van der Waals surface area contributed by atoms with Crippen molar-refractivity contribution in [3.8, 4) is 17.1 Å². The average Bonchev–Trinajstić information content (AvgIpc) is 3.44. The smallest absolute Gasteiger partial charge is 0.269 e. The number of anilines is 1. The Morgan fingerprint density at radius 3 is 2.74 bits per heavy atom. The second kappa shape index (κ2) is 11.6. The summed E-state index contributed by atoms with van der Waals surface area (Å²) in [5.74, 6) is 1.71. The monoisotopic (exact) mass is 559 g/mol. The van der Waals surface area contributed by atoms with Crippen molar-refractivity contribution in [2.24, 2.45) is 11.8 Å². The third kappa shape index (κ3) is 6.11. The number of hydrogen-bond donors (Lipinski definition) is 1. The number of piperidine rings is 1. The molecule has 9 heteroatoms. The van der Waals surface area contributed by atoms with Gasteiger partial charge >= 0.3 is 0 Å². The standard InChI is InChI=1S/C30H33N5O2S2/c1-20-5-3-6-21(2)29(20)26-16-27-33-30(32-26)34-39(36)25-8-4-7-22(15-25)9-10-23-11-13-35(17-24(23)19-37-27)18-28-31-12-14-38-28/h3-8,12,14-16,23-24H,9-11,13,17-19H2,1-2H3,(H,32,33,34)/t23?,24-,39?/m1/s1. The fourth-order valence-corrected chi connectivity index (χ4v) is 7.28. The number of aromatic nitrogens is 3. The Bertz CT molecular complexity index is 1410. The molecule has 0 radical (unpaired) electrons. The van der Waals surface area contributed by atoms with Gasteiger partial charge in [0.2, 0.25) is 5.88 Å². The van der Waals surface area contributed by atoms with E-state index in [1.54, 1.807) is 11.3 Å². The zero-order valence-electron chi connectivity index (χ0n) is 22.3. The largest absolute Gasteiger partial charge is 0.588 e. The third-order valence-electron chi connectivity index (χ3n) is 7.80. The van der Waals surface area contributed by atoms with Gasteiger partial charge in [0.05, 0.1) is 18.8 Å². The van der Waals surface area contributed by atoms with Gasteiger partial charge in [-0.2, -0.15) is 9.71 Å². The van der Waals surface area contributed by atoms with E-state index in [2.05, 4.69) is 51.6 Å². The molecule has 1 fully saturated rings. The number of ether oxygens (including phenoxy) is 1. The van der Waals surface area contributed by atoms with Gasteiger partial charge in [0.25, 0.3) is 5.95 Å². The van der Waals surface area contributed by atoms with Crippen LogP contribution in [0.5, 0.6) is 5.88 Å². The average molecular weight is 560 g/mol. The summed E-state index contributed by atoms with van der Waals surface area (Å²) in [6, 6.07) is 16.2. The van der Waals surface area contributed by atoms with E-state index < -0.39 is 11.4 Å². The highest BCUT2D eigenvalue weighted by Gasteiger charge is 2.31. The Labute approximate surface area is 237 Å². The Morgan fingerprint density at radius 1 is 1.08 bits per heavy atom. The molecular weight excluding hydrogens is 526 g/mol. The summed E-state index contributed by atoms with van der Waals surface area (Å²) < 4.78 is 22.8. The van der Waals surface area contributed by atoms with Gasteiger partial charge in [0, 0.05) is 35.7 Å². The maximum atomic E-state index is 13.3. The van der Waals surface area contributed by atoms with Crippen LogP contribution in [0.4, 0.5) is 5.95 Å². The fourth-order valence-electron chi connectivity index (χ4n) is 5.78. The lowest BCUT2D eigenvalue weighted by Crippen LogP contribution is -2.42. The molecular formula is C30H33N5O2S2. The molecule has 39 heavy (non-hydrogen) atoms. The quantitative estimate of drug-likeness (QED) is 0.317. The predicted molar refractivity (Wildman–Crippen MR) is 156 cm³/mol. The maximum Gasteiger partial charge on any atom is 0.269 e. The van der Waals surface area contributed by atoms with Gasteiger partial charge < -0.3 is 9.29 Å². The normalized spacial score (nSPS) is 21.8. The summed E-state index contributed by atoms with van der Waals surface area (Å²) in [4.78, 5) is 17.2. The molecule has 2 aromatic heterocycles. The van der Waals surface area contributed by atoms with Gasteiger partial charge in [-0.3, -0.25) is 4.90 Å². The molecule has 0 spiro atoms. The minimum atomic E-state index is -1.49. The molecule has 7 nitrogen and oxygen atoms in total. The van der Waals surface area contributed by atoms with Crippen molar-refractivity contribution in [3.05, 3.63) is 81.8 Å². The number of thiazole rings is 1. The van der Waals surface area contributed by atoms with Crippen LogP contribution < -0.4 is 9.46 Å². The molecule has 6 rings (SSSR count). The van der Waals surface area contributed by atoms with Crippen LogP contribution in [-0.4, -0.2) is 44.1 Å². The molecule has 1 saturated heterocycles. The molecule has 4 aromatic rings. The van der Waals surface area contributed by atoms with E-state index in [-0.39, 0.29) is 0 Å². The molecule has 2 aliphatic heterocycles. The van der Waals surface area contributed by atoms with Gasteiger partial charge in [-0.15, -0.1) is 11.3 Å². The second-order valence-electron chi connectivity index (χ2n) is 10.5. The van der Waals surface area contributed by atoms with Crippen LogP contribution in [0.2, 0.25) is 0 Å². The molecule has 2 aromatic carbocycles. The third-order valence-corrected chi connectivity index (χ3v) is 9.62. The van der Waals surface area contributed by atoms with Crippen molar-refractivity contribution in [1.82, 2.24) is 19.9 Å². The van der Waals surface area contributed by atoms with Crippen LogP contribution in [0.25, 0.3) is 11.3 Å². The summed E-state index contributed by atoms with van der Waals surface area (Å²) >= 11 is 0.226. The number of rotatable bonds is 3. The first-order valence-corrected chi connectivity index (χ1v) is 15.5. The maximum absolute atomic E-state index is 13.3. The number of aryl methyl sites for hydroxylation is 3. The molecule has 4 heterocycles. The highest BCUT2D eigenvalue weighted by Crippen LogP contribution is 2.33. The number of likely N-dealkylation sites (tertiary alicyclic amines) is 1. The topological polar surface area (TPSA) is 86.2 Å². The number of benzene rings is 2. The molecule has 202 valence electrons. The summed E-state index contributed by atoms with van der Waals surface area (Å²) in [5, 5.41) is 3.20. The van der Waals surface area contributed by atoms with Crippen LogP contribution in [0.15, 0.2) is 65.0 Å². The molecule has 0 saturated carbocycles. The molecule has 0 amide bonds. The van der Waals surface area contributed by atoms with Gasteiger partial charge in [-0.05, 0) is 74.4 Å². The summed E-state index contributed by atoms with van der Waals surface area (Å²) in [6.07, 6.45) is 5.03. The summed E-state index contributed by atoms with van der Waals surface area (Å²) in [5.41, 5.74) is 5.27. The van der Waals surface area contributed by atoms with Crippen molar-refractivity contribution in [2.45, 2.75) is 44.6 Å². The van der Waals surface area contributed by atoms with E-state index in [0.717, 1.165) is 71.2 Å². The lowest BCUT2D eigenvalue weighted by atomic mass is 9.82. The lowest BCUT2D eigenvalue weighted by Gasteiger charge is -2.38. The van der Waals surface area contributed by atoms with Crippen molar-refractivity contribution in [1.29, 1.82) is 0 Å². The highest BCUT2D eigenvalue weighted by atomic mass is 32.2. The van der Waals surface area contributed by atoms with Crippen LogP contribution in [0.3, 0.4) is 0 Å². The zero-order chi connectivity index (χ0) is 26.8. The first-order valence-electron chi connectivity index (χ1n) is 13.5. The molecule has 3 atom stereocenters. The van der Waals surface area contributed by atoms with E-state index in [9.17, 15) is 4.55 Å². The van der Waals surface area contributed by atoms with Gasteiger partial charge in [0.1, 0.15) is 16.4 Å². The lowest BCUT2D eigenvalue weighted by molar-refractivity contribution is 0.0707. The van der Waals surface area contributed by atoms with E-state index in [1.165, 1.54) is 5.56 Å². The van der Waals surface area contributed by atoms with Gasteiger partial charge in [-0.25, -0.2) is 9.97 Å². The Kier molecular flexibility index (Phi) is 7.83. The molecule has 0 aliphatic carbocycles. The number of nitrogens with zero attached hydrogens (tertiary/aromatic N) is 4. The highest BCUT2D eigenvalue weighted by molar-refractivity contribution is 7.92. The second-order valence-corrected chi connectivity index (χ2v) is 12.7. The van der Waals surface area contributed by atoms with E-state index in [0.29, 0.717) is 30.3 Å². The Balaban J connectivity index is 1.34. The number of fused-ring (bicyclic) bond motifs is 5. The molecule has 2 unspecified atom stereocenters. The molecule has 1 N–H and O–H groups in total. The number of nitrogens with one attached hydrogen (secondary N) is 1. The fraction of sp³-hybridized carbons (Fsp3) is 0.367. The minimum absolute atomic E-state index is 0.302. The van der Waals surface area contributed by atoms with Crippen LogP contribution in [0, 0.1) is 25.7 Å². The van der Waals surface area contributed by atoms with E-state index >= 15 is 0 Å². The first-order chi connectivity index (χ1) is 19.0. The van der Waals surface area contributed by atoms with Gasteiger partial charge in [-0.1, -0.05) is 30.3 Å². The zero-order valence-corrected chi connectivity index (χ0v) is 23.9. The van der Waals surface area contributed by atoms with Crippen molar-refractivity contribution in [2.75, 3.05) is 24.4 Å². The van der Waals surface area contributed by atoms with Crippen LogP contribution >= 0.6 is 11.3 Å². The summed E-state index contributed by atoms with van der Waals surface area (Å²) in [6.45, 7) is 7.64. The Morgan fingerprint density at radius 2 is 1.92 bits per heavy atom. The van der Waals surface area contributed by atoms with E-state index in [1.807, 2.05) is 41.9 Å². The van der Waals surface area contributed by atoms with E-state index in [4.69, 9.17) is 9.72 Å². The van der Waals surface area contributed by atoms with Gasteiger partial charge in [0.15, 0.2) is 4.90 Å². The molecule has 2 aliphatic rings. The van der Waals surface area contributed by atoms with Crippen molar-refractivity contribution < 1.29 is 9.29 Å². The Hall–Kier alpha value is -2.98.